The topological polar surface area (TPSA) is 106 Å². The summed E-state index contributed by atoms with van der Waals surface area (Å²) in [7, 11) is 1.18. The first-order chi connectivity index (χ1) is 11.9. The van der Waals surface area contributed by atoms with Crippen LogP contribution in [0.3, 0.4) is 0 Å². The van der Waals surface area contributed by atoms with E-state index in [9.17, 15) is 9.59 Å². The van der Waals surface area contributed by atoms with Crippen LogP contribution in [0.4, 0.5) is 4.79 Å². The van der Waals surface area contributed by atoms with Crippen molar-refractivity contribution in [2.45, 2.75) is 30.9 Å². The number of benzene rings is 1. The van der Waals surface area contributed by atoms with Crippen LogP contribution < -0.4 is 10.1 Å². The van der Waals surface area contributed by atoms with E-state index in [4.69, 9.17) is 16.3 Å². The molecule has 0 radical (unpaired) electrons. The van der Waals surface area contributed by atoms with E-state index in [0.717, 1.165) is 17.3 Å². The molecule has 10 heteroatoms. The van der Waals surface area contributed by atoms with E-state index in [1.165, 1.54) is 7.11 Å². The molecule has 0 saturated carbocycles. The van der Waals surface area contributed by atoms with Crippen molar-refractivity contribution in [3.05, 3.63) is 34.6 Å². The van der Waals surface area contributed by atoms with E-state index in [2.05, 4.69) is 25.2 Å². The third-order valence-corrected chi connectivity index (χ3v) is 4.46. The molecule has 0 aliphatic rings. The van der Waals surface area contributed by atoms with Gasteiger partial charge in [-0.05, 0) is 37.6 Å². The summed E-state index contributed by atoms with van der Waals surface area (Å²) in [6, 6.07) is 5.35. The molecule has 2 rings (SSSR count). The largest absolute Gasteiger partial charge is 0.486 e. The number of alkyl carbamates (subject to hydrolysis) is 1. The Morgan fingerprint density at radius 1 is 1.44 bits per heavy atom. The zero-order chi connectivity index (χ0) is 18.4. The minimum absolute atomic E-state index is 0.192. The highest BCUT2D eigenvalue weighted by Gasteiger charge is 2.19. The van der Waals surface area contributed by atoms with Crippen molar-refractivity contribution < 1.29 is 19.1 Å². The van der Waals surface area contributed by atoms with E-state index >= 15 is 0 Å². The average molecular weight is 385 g/mol. The zero-order valence-electron chi connectivity index (χ0n) is 13.8. The second-order valence-corrected chi connectivity index (χ2v) is 6.72. The smallest absolute Gasteiger partial charge is 0.413 e. The van der Waals surface area contributed by atoms with E-state index in [-0.39, 0.29) is 6.61 Å². The number of nitrogens with zero attached hydrogens (tertiary/aromatic N) is 2. The summed E-state index contributed by atoms with van der Waals surface area (Å²) < 4.78 is 9.99. The van der Waals surface area contributed by atoms with Crippen LogP contribution in [0.15, 0.2) is 23.4 Å². The summed E-state index contributed by atoms with van der Waals surface area (Å²) in [5.41, 5.74) is 0.915. The van der Waals surface area contributed by atoms with Gasteiger partial charge in [0.2, 0.25) is 11.1 Å². The van der Waals surface area contributed by atoms with Crippen LogP contribution >= 0.6 is 23.4 Å². The predicted octanol–water partition coefficient (Wildman–Crippen LogP) is 2.71. The van der Waals surface area contributed by atoms with Crippen molar-refractivity contribution in [2.75, 3.05) is 7.11 Å². The highest BCUT2D eigenvalue weighted by Crippen LogP contribution is 2.22. The summed E-state index contributed by atoms with van der Waals surface area (Å²) in [6.45, 7) is 3.71. The van der Waals surface area contributed by atoms with Gasteiger partial charge < -0.3 is 9.47 Å². The van der Waals surface area contributed by atoms with Crippen LogP contribution in [0.2, 0.25) is 5.02 Å². The number of carbonyl (C=O) groups is 2. The molecule has 0 fully saturated rings. The number of imide groups is 1. The Balaban J connectivity index is 1.88. The Bertz CT molecular complexity index is 768. The number of carbonyl (C=O) groups excluding carboxylic acids is 2. The maximum Gasteiger partial charge on any atom is 0.413 e. The summed E-state index contributed by atoms with van der Waals surface area (Å²) in [6.07, 6.45) is -0.806. The molecule has 2 aromatic rings. The van der Waals surface area contributed by atoms with Crippen LogP contribution in [-0.4, -0.2) is 39.5 Å². The van der Waals surface area contributed by atoms with Gasteiger partial charge in [-0.2, -0.15) is 0 Å². The van der Waals surface area contributed by atoms with Crippen LogP contribution in [-0.2, 0) is 16.1 Å². The number of hydrogen-bond acceptors (Lipinski definition) is 7. The summed E-state index contributed by atoms with van der Waals surface area (Å²) in [5.74, 6) is 0.685. The number of methoxy groups -OCH3 is 1. The molecule has 134 valence electrons. The number of hydrogen-bond donors (Lipinski definition) is 2. The number of halogens is 1. The maximum atomic E-state index is 11.8. The lowest BCUT2D eigenvalue weighted by Gasteiger charge is -2.07. The summed E-state index contributed by atoms with van der Waals surface area (Å²) >= 11 is 7.07. The van der Waals surface area contributed by atoms with Crippen LogP contribution in [0.1, 0.15) is 18.3 Å². The molecule has 0 spiro atoms. The first kappa shape index (κ1) is 19.1. The van der Waals surface area contributed by atoms with Crippen molar-refractivity contribution >= 4 is 35.4 Å². The Morgan fingerprint density at radius 2 is 2.20 bits per heavy atom. The summed E-state index contributed by atoms with van der Waals surface area (Å²) in [5, 5.41) is 9.32. The third-order valence-electron chi connectivity index (χ3n) is 3.08. The van der Waals surface area contributed by atoms with Crippen molar-refractivity contribution in [3.63, 3.8) is 0 Å². The first-order valence-corrected chi connectivity index (χ1v) is 8.50. The number of aryl methyl sites for hydroxylation is 1. The van der Waals surface area contributed by atoms with Crippen molar-refractivity contribution in [2.24, 2.45) is 0 Å². The number of aromatic nitrogens is 3. The van der Waals surface area contributed by atoms with Gasteiger partial charge in [0.1, 0.15) is 12.4 Å². The maximum absolute atomic E-state index is 11.8. The Labute approximate surface area is 153 Å². The van der Waals surface area contributed by atoms with E-state index < -0.39 is 17.3 Å². The van der Waals surface area contributed by atoms with Gasteiger partial charge in [-0.15, -0.1) is 5.10 Å². The molecule has 0 aliphatic heterocycles. The van der Waals surface area contributed by atoms with E-state index in [0.29, 0.717) is 21.8 Å². The molecule has 2 N–H and O–H groups in total. The Morgan fingerprint density at radius 3 is 2.88 bits per heavy atom. The molecule has 0 aliphatic carbocycles. The third kappa shape index (κ3) is 5.64. The molecular formula is C15H17ClN4O4S. The molecular weight excluding hydrogens is 368 g/mol. The van der Waals surface area contributed by atoms with Gasteiger partial charge in [-0.1, -0.05) is 23.4 Å². The number of nitrogens with one attached hydrogen (secondary N) is 2. The van der Waals surface area contributed by atoms with Gasteiger partial charge in [-0.25, -0.2) is 9.78 Å². The van der Waals surface area contributed by atoms with E-state index in [1.54, 1.807) is 19.1 Å². The fourth-order valence-electron chi connectivity index (χ4n) is 1.72. The molecule has 1 atom stereocenters. The second kappa shape index (κ2) is 8.72. The molecule has 2 amide bonds. The Hall–Kier alpha value is -2.26. The fourth-order valence-corrected chi connectivity index (χ4v) is 2.58. The van der Waals surface area contributed by atoms with Crippen molar-refractivity contribution in [1.82, 2.24) is 20.5 Å². The highest BCUT2D eigenvalue weighted by molar-refractivity contribution is 8.00. The predicted molar refractivity (Wildman–Crippen MR) is 92.8 cm³/mol. The molecule has 25 heavy (non-hydrogen) atoms. The van der Waals surface area contributed by atoms with Crippen molar-refractivity contribution in [1.29, 1.82) is 0 Å². The number of amides is 2. The first-order valence-electron chi connectivity index (χ1n) is 7.24. The van der Waals surface area contributed by atoms with Crippen LogP contribution in [0, 0.1) is 6.92 Å². The zero-order valence-corrected chi connectivity index (χ0v) is 15.4. The van der Waals surface area contributed by atoms with Gasteiger partial charge >= 0.3 is 6.09 Å². The number of rotatable bonds is 6. The molecule has 1 aromatic carbocycles. The van der Waals surface area contributed by atoms with Gasteiger partial charge in [0, 0.05) is 5.02 Å². The normalized spacial score (nSPS) is 11.7. The number of ether oxygens (including phenoxy) is 2. The lowest BCUT2D eigenvalue weighted by molar-refractivity contribution is -0.119. The van der Waals surface area contributed by atoms with Gasteiger partial charge in [0.15, 0.2) is 5.82 Å². The molecule has 0 saturated heterocycles. The van der Waals surface area contributed by atoms with Gasteiger partial charge in [0.05, 0.1) is 12.4 Å². The highest BCUT2D eigenvalue weighted by atomic mass is 35.5. The molecule has 0 unspecified atom stereocenters. The Kier molecular flexibility index (Phi) is 6.65. The van der Waals surface area contributed by atoms with Crippen LogP contribution in [0.25, 0.3) is 0 Å². The number of aromatic amines is 1. The molecule has 1 heterocycles. The van der Waals surface area contributed by atoms with Crippen LogP contribution in [0.5, 0.6) is 5.75 Å². The molecule has 8 nitrogen and oxygen atoms in total. The number of thioether (sulfide) groups is 1. The minimum Gasteiger partial charge on any atom is -0.486 e. The van der Waals surface area contributed by atoms with Crippen molar-refractivity contribution in [3.8, 4) is 5.75 Å². The van der Waals surface area contributed by atoms with E-state index in [1.807, 2.05) is 13.0 Å². The monoisotopic (exact) mass is 384 g/mol. The molecule has 1 aromatic heterocycles. The van der Waals surface area contributed by atoms with Gasteiger partial charge in [0.25, 0.3) is 0 Å². The SMILES string of the molecule is COC(=O)NC(=O)[C@H](C)Sc1n[nH]c(COc2ccc(Cl)c(C)c2)n1. The van der Waals surface area contributed by atoms with Gasteiger partial charge in [-0.3, -0.25) is 15.2 Å². The second-order valence-electron chi connectivity index (χ2n) is 5.01. The lowest BCUT2D eigenvalue weighted by Crippen LogP contribution is -2.35. The summed E-state index contributed by atoms with van der Waals surface area (Å²) in [4.78, 5) is 27.0. The standard InChI is InChI=1S/C15H17ClN4O4S/c1-8-6-10(4-5-11(8)16)24-7-12-17-14(20-19-12)25-9(2)13(21)18-15(22)23-3/h4-6,9H,7H2,1-3H3,(H,17,19,20)(H,18,21,22)/t9-/m0/s1. The minimum atomic E-state index is -0.806. The average Bonchev–Trinajstić information content (AvgIpc) is 3.03. The molecule has 0 bridgehead atoms. The quantitative estimate of drug-likeness (QED) is 0.737. The lowest BCUT2D eigenvalue weighted by atomic mass is 10.2. The fraction of sp³-hybridized carbons (Fsp3) is 0.333. The number of H-pyrrole nitrogens is 1.